The summed E-state index contributed by atoms with van der Waals surface area (Å²) in [5.74, 6) is 0.226. The van der Waals surface area contributed by atoms with Crippen LogP contribution in [0.2, 0.25) is 10.0 Å². The molecular formula is C19H18Cl2N2O3. The van der Waals surface area contributed by atoms with Crippen molar-refractivity contribution in [3.8, 4) is 5.75 Å². The van der Waals surface area contributed by atoms with Gasteiger partial charge in [0.1, 0.15) is 0 Å². The third kappa shape index (κ3) is 4.48. The number of anilines is 1. The Bertz CT molecular complexity index is 827. The number of halogens is 2. The molecule has 0 aliphatic heterocycles. The van der Waals surface area contributed by atoms with Crippen molar-refractivity contribution >= 4 is 40.7 Å². The first-order chi connectivity index (χ1) is 12.5. The van der Waals surface area contributed by atoms with E-state index in [2.05, 4.69) is 10.6 Å². The lowest BCUT2D eigenvalue weighted by Crippen LogP contribution is -2.23. The highest BCUT2D eigenvalue weighted by Crippen LogP contribution is 2.34. The minimum atomic E-state index is -0.302. The average Bonchev–Trinajstić information content (AvgIpc) is 3.45. The summed E-state index contributed by atoms with van der Waals surface area (Å²) in [6.07, 6.45) is 1.91. The standard InChI is InChI=1S/C19H18Cl2N2O3/c1-26-17-15(20)8-13(9-16(17)21)18(24)22-10-11-3-2-4-14(7-11)23-19(25)12-5-6-12/h2-4,7-9,12H,5-6,10H2,1H3,(H,22,24)(H,23,25). The maximum absolute atomic E-state index is 12.3. The fourth-order valence-electron chi connectivity index (χ4n) is 2.52. The van der Waals surface area contributed by atoms with Gasteiger partial charge in [-0.3, -0.25) is 9.59 Å². The lowest BCUT2D eigenvalue weighted by atomic mass is 10.1. The van der Waals surface area contributed by atoms with Crippen molar-refractivity contribution in [2.75, 3.05) is 12.4 Å². The summed E-state index contributed by atoms with van der Waals surface area (Å²) in [6.45, 7) is 0.313. The van der Waals surface area contributed by atoms with Crippen molar-refractivity contribution in [2.45, 2.75) is 19.4 Å². The normalized spacial score (nSPS) is 13.2. The van der Waals surface area contributed by atoms with Gasteiger partial charge in [-0.15, -0.1) is 0 Å². The molecule has 1 aliphatic rings. The third-order valence-corrected chi connectivity index (χ3v) is 4.62. The van der Waals surface area contributed by atoms with Gasteiger partial charge in [0.2, 0.25) is 5.91 Å². The Labute approximate surface area is 161 Å². The molecule has 26 heavy (non-hydrogen) atoms. The predicted molar refractivity (Wildman–Crippen MR) is 102 cm³/mol. The van der Waals surface area contributed by atoms with Gasteiger partial charge in [0.15, 0.2) is 5.75 Å². The summed E-state index contributed by atoms with van der Waals surface area (Å²) in [6, 6.07) is 10.4. The van der Waals surface area contributed by atoms with Gasteiger partial charge < -0.3 is 15.4 Å². The van der Waals surface area contributed by atoms with Crippen LogP contribution in [-0.2, 0) is 11.3 Å². The largest absolute Gasteiger partial charge is 0.494 e. The minimum Gasteiger partial charge on any atom is -0.494 e. The van der Waals surface area contributed by atoms with Crippen molar-refractivity contribution < 1.29 is 14.3 Å². The summed E-state index contributed by atoms with van der Waals surface area (Å²) in [5.41, 5.74) is 1.95. The van der Waals surface area contributed by atoms with Crippen LogP contribution in [0.1, 0.15) is 28.8 Å². The fraction of sp³-hybridized carbons (Fsp3) is 0.263. The van der Waals surface area contributed by atoms with Gasteiger partial charge in [0.05, 0.1) is 17.2 Å². The highest BCUT2D eigenvalue weighted by molar-refractivity contribution is 6.37. The van der Waals surface area contributed by atoms with Crippen LogP contribution < -0.4 is 15.4 Å². The van der Waals surface area contributed by atoms with Gasteiger partial charge in [-0.2, -0.15) is 0 Å². The Hall–Kier alpha value is -2.24. The highest BCUT2D eigenvalue weighted by Gasteiger charge is 2.29. The first kappa shape index (κ1) is 18.5. The SMILES string of the molecule is COc1c(Cl)cc(C(=O)NCc2cccc(NC(=O)C3CC3)c2)cc1Cl. The van der Waals surface area contributed by atoms with Crippen molar-refractivity contribution in [1.29, 1.82) is 0 Å². The molecule has 3 rings (SSSR count). The predicted octanol–water partition coefficient (Wildman–Crippen LogP) is 4.28. The maximum Gasteiger partial charge on any atom is 0.251 e. The zero-order chi connectivity index (χ0) is 18.7. The molecule has 2 amide bonds. The molecule has 0 bridgehead atoms. The van der Waals surface area contributed by atoms with Crippen LogP contribution in [0.5, 0.6) is 5.75 Å². The van der Waals surface area contributed by atoms with Crippen LogP contribution in [0.25, 0.3) is 0 Å². The van der Waals surface area contributed by atoms with Crippen LogP contribution in [0.3, 0.4) is 0 Å². The van der Waals surface area contributed by atoms with Crippen molar-refractivity contribution in [1.82, 2.24) is 5.32 Å². The number of amides is 2. The summed E-state index contributed by atoms with van der Waals surface area (Å²) < 4.78 is 5.08. The third-order valence-electron chi connectivity index (χ3n) is 4.06. The van der Waals surface area contributed by atoms with E-state index in [1.165, 1.54) is 19.2 Å². The molecule has 0 atom stereocenters. The zero-order valence-electron chi connectivity index (χ0n) is 14.1. The van der Waals surface area contributed by atoms with Crippen molar-refractivity contribution in [2.24, 2.45) is 5.92 Å². The van der Waals surface area contributed by atoms with E-state index in [1.54, 1.807) is 0 Å². The molecule has 5 nitrogen and oxygen atoms in total. The molecule has 0 unspecified atom stereocenters. The van der Waals surface area contributed by atoms with Gasteiger partial charge in [-0.25, -0.2) is 0 Å². The van der Waals surface area contributed by atoms with Crippen LogP contribution in [0, 0.1) is 5.92 Å². The van der Waals surface area contributed by atoms with E-state index in [9.17, 15) is 9.59 Å². The number of hydrogen-bond acceptors (Lipinski definition) is 3. The van der Waals surface area contributed by atoms with Gasteiger partial charge >= 0.3 is 0 Å². The number of carbonyl (C=O) groups excluding carboxylic acids is 2. The topological polar surface area (TPSA) is 67.4 Å². The first-order valence-corrected chi connectivity index (χ1v) is 8.94. The van der Waals surface area contributed by atoms with Crippen molar-refractivity contribution in [3.05, 3.63) is 57.6 Å². The van der Waals surface area contributed by atoms with Crippen LogP contribution in [0.15, 0.2) is 36.4 Å². The molecule has 0 heterocycles. The average molecular weight is 393 g/mol. The molecule has 2 aromatic rings. The van der Waals surface area contributed by atoms with E-state index in [0.717, 1.165) is 24.1 Å². The Morgan fingerprint density at radius 3 is 2.46 bits per heavy atom. The van der Waals surface area contributed by atoms with Gasteiger partial charge in [0, 0.05) is 23.7 Å². The van der Waals surface area contributed by atoms with E-state index in [0.29, 0.717) is 17.9 Å². The van der Waals surface area contributed by atoms with Crippen LogP contribution >= 0.6 is 23.2 Å². The molecular weight excluding hydrogens is 375 g/mol. The smallest absolute Gasteiger partial charge is 0.251 e. The molecule has 1 aliphatic carbocycles. The van der Waals surface area contributed by atoms with E-state index < -0.39 is 0 Å². The monoisotopic (exact) mass is 392 g/mol. The molecule has 136 valence electrons. The van der Waals surface area contributed by atoms with E-state index in [4.69, 9.17) is 27.9 Å². The highest BCUT2D eigenvalue weighted by atomic mass is 35.5. The number of nitrogens with one attached hydrogen (secondary N) is 2. The van der Waals surface area contributed by atoms with Crippen LogP contribution in [0.4, 0.5) is 5.69 Å². The second-order valence-electron chi connectivity index (χ2n) is 6.12. The molecule has 0 radical (unpaired) electrons. The Kier molecular flexibility index (Phi) is 5.69. The number of ether oxygens (including phenoxy) is 1. The number of carbonyl (C=O) groups is 2. The summed E-state index contributed by atoms with van der Waals surface area (Å²) in [7, 11) is 1.46. The second-order valence-corrected chi connectivity index (χ2v) is 6.93. The molecule has 0 aromatic heterocycles. The molecule has 2 N–H and O–H groups in total. The zero-order valence-corrected chi connectivity index (χ0v) is 15.7. The quantitative estimate of drug-likeness (QED) is 0.770. The Balaban J connectivity index is 1.63. The van der Waals surface area contributed by atoms with Gasteiger partial charge in [0.25, 0.3) is 5.91 Å². The number of benzene rings is 2. The van der Waals surface area contributed by atoms with Crippen molar-refractivity contribution in [3.63, 3.8) is 0 Å². The summed E-state index contributed by atoms with van der Waals surface area (Å²) >= 11 is 12.1. The maximum atomic E-state index is 12.3. The van der Waals surface area contributed by atoms with E-state index in [-0.39, 0.29) is 27.8 Å². The Morgan fingerprint density at radius 1 is 1.15 bits per heavy atom. The fourth-order valence-corrected chi connectivity index (χ4v) is 3.16. The first-order valence-electron chi connectivity index (χ1n) is 8.19. The minimum absolute atomic E-state index is 0.0497. The lowest BCUT2D eigenvalue weighted by molar-refractivity contribution is -0.117. The molecule has 0 spiro atoms. The number of rotatable bonds is 6. The molecule has 7 heteroatoms. The molecule has 1 saturated carbocycles. The molecule has 0 saturated heterocycles. The summed E-state index contributed by atoms with van der Waals surface area (Å²) in [4.78, 5) is 24.2. The summed E-state index contributed by atoms with van der Waals surface area (Å²) in [5, 5.41) is 6.25. The number of methoxy groups -OCH3 is 1. The lowest BCUT2D eigenvalue weighted by Gasteiger charge is -2.10. The van der Waals surface area contributed by atoms with E-state index >= 15 is 0 Å². The second kappa shape index (κ2) is 7.98. The number of hydrogen-bond donors (Lipinski definition) is 2. The van der Waals surface area contributed by atoms with E-state index in [1.807, 2.05) is 24.3 Å². The van der Waals surface area contributed by atoms with Gasteiger partial charge in [-0.1, -0.05) is 35.3 Å². The van der Waals surface area contributed by atoms with Crippen LogP contribution in [-0.4, -0.2) is 18.9 Å². The molecule has 1 fully saturated rings. The molecule has 2 aromatic carbocycles. The Morgan fingerprint density at radius 2 is 1.85 bits per heavy atom. The van der Waals surface area contributed by atoms with Gasteiger partial charge in [-0.05, 0) is 42.7 Å².